The Labute approximate surface area is 126 Å². The molecule has 1 aromatic rings. The molecule has 2 N–H and O–H groups in total. The third-order valence-electron chi connectivity index (χ3n) is 3.43. The van der Waals surface area contributed by atoms with Crippen LogP contribution in [0.15, 0.2) is 24.3 Å². The van der Waals surface area contributed by atoms with E-state index in [2.05, 4.69) is 0 Å². The molecule has 0 unspecified atom stereocenters. The first-order valence-corrected chi connectivity index (χ1v) is 8.61. The quantitative estimate of drug-likeness (QED) is 0.797. The van der Waals surface area contributed by atoms with E-state index in [-0.39, 0.29) is 0 Å². The van der Waals surface area contributed by atoms with Crippen molar-refractivity contribution < 1.29 is 13.2 Å². The molecule has 1 aliphatic heterocycles. The van der Waals surface area contributed by atoms with Crippen molar-refractivity contribution in [3.05, 3.63) is 29.8 Å². The van der Waals surface area contributed by atoms with Crippen molar-refractivity contribution in [2.75, 3.05) is 38.6 Å². The van der Waals surface area contributed by atoms with Crippen LogP contribution in [0, 0.1) is 0 Å². The van der Waals surface area contributed by atoms with Gasteiger partial charge < -0.3 is 10.5 Å². The Hall–Kier alpha value is -1.15. The van der Waals surface area contributed by atoms with Crippen LogP contribution in [0.2, 0.25) is 0 Å². The van der Waals surface area contributed by atoms with Crippen LogP contribution in [0.25, 0.3) is 0 Å². The molecule has 0 aromatic heterocycles. The summed E-state index contributed by atoms with van der Waals surface area (Å²) in [5.41, 5.74) is 7.28. The summed E-state index contributed by atoms with van der Waals surface area (Å²) in [7, 11) is -3.44. The van der Waals surface area contributed by atoms with Gasteiger partial charge in [0.05, 0.1) is 13.2 Å². The van der Waals surface area contributed by atoms with Crippen LogP contribution in [0.3, 0.4) is 0 Å². The standard InChI is InChI=1S/C14H23N3O3S/c1-2-7-17(12-13-3-5-14(15)6-4-13)21(18,19)16-8-10-20-11-9-16/h3-6H,2,7-12,15H2,1H3. The molecule has 0 saturated carbocycles. The Kier molecular flexibility index (Phi) is 5.58. The van der Waals surface area contributed by atoms with Crippen LogP contribution in [-0.2, 0) is 21.5 Å². The topological polar surface area (TPSA) is 75.9 Å². The van der Waals surface area contributed by atoms with Crippen LogP contribution in [0.4, 0.5) is 5.69 Å². The average Bonchev–Trinajstić information content (AvgIpc) is 2.50. The van der Waals surface area contributed by atoms with Gasteiger partial charge in [-0.15, -0.1) is 0 Å². The number of hydrogen-bond donors (Lipinski definition) is 1. The van der Waals surface area contributed by atoms with Gasteiger partial charge in [0.25, 0.3) is 10.2 Å². The van der Waals surface area contributed by atoms with E-state index >= 15 is 0 Å². The molecule has 118 valence electrons. The first-order chi connectivity index (χ1) is 10.0. The van der Waals surface area contributed by atoms with E-state index in [4.69, 9.17) is 10.5 Å². The number of hydrogen-bond acceptors (Lipinski definition) is 4. The summed E-state index contributed by atoms with van der Waals surface area (Å²) in [6, 6.07) is 7.32. The fourth-order valence-corrected chi connectivity index (χ4v) is 3.96. The van der Waals surface area contributed by atoms with Crippen molar-refractivity contribution in [1.29, 1.82) is 0 Å². The minimum absolute atomic E-state index is 0.369. The molecule has 0 atom stereocenters. The fourth-order valence-electron chi connectivity index (χ4n) is 2.29. The Bertz CT molecular complexity index is 539. The highest BCUT2D eigenvalue weighted by Crippen LogP contribution is 2.16. The third kappa shape index (κ3) is 4.16. The molecule has 1 aliphatic rings. The van der Waals surface area contributed by atoms with Crippen LogP contribution in [0.1, 0.15) is 18.9 Å². The molecule has 0 amide bonds. The van der Waals surface area contributed by atoms with Gasteiger partial charge in [-0.25, -0.2) is 0 Å². The summed E-state index contributed by atoms with van der Waals surface area (Å²) in [6.45, 7) is 4.61. The number of nitrogen functional groups attached to an aromatic ring is 1. The lowest BCUT2D eigenvalue weighted by atomic mass is 10.2. The van der Waals surface area contributed by atoms with Crippen molar-refractivity contribution in [2.45, 2.75) is 19.9 Å². The monoisotopic (exact) mass is 313 g/mol. The normalized spacial score (nSPS) is 17.2. The van der Waals surface area contributed by atoms with Gasteiger partial charge in [-0.3, -0.25) is 0 Å². The molecule has 0 spiro atoms. The Morgan fingerprint density at radius 2 is 1.86 bits per heavy atom. The van der Waals surface area contributed by atoms with E-state index < -0.39 is 10.2 Å². The molecule has 0 aliphatic carbocycles. The van der Waals surface area contributed by atoms with E-state index in [1.165, 1.54) is 8.61 Å². The summed E-state index contributed by atoms with van der Waals surface area (Å²) in [6.07, 6.45) is 0.776. The molecule has 1 heterocycles. The summed E-state index contributed by atoms with van der Waals surface area (Å²) in [5, 5.41) is 0. The van der Waals surface area contributed by atoms with E-state index in [0.29, 0.717) is 45.1 Å². The van der Waals surface area contributed by atoms with Gasteiger partial charge >= 0.3 is 0 Å². The lowest BCUT2D eigenvalue weighted by molar-refractivity contribution is 0.0700. The number of ether oxygens (including phenoxy) is 1. The van der Waals surface area contributed by atoms with E-state index in [0.717, 1.165) is 12.0 Å². The van der Waals surface area contributed by atoms with Crippen LogP contribution in [0.5, 0.6) is 0 Å². The Morgan fingerprint density at radius 3 is 2.43 bits per heavy atom. The fraction of sp³-hybridized carbons (Fsp3) is 0.571. The van der Waals surface area contributed by atoms with Crippen molar-refractivity contribution in [3.63, 3.8) is 0 Å². The van der Waals surface area contributed by atoms with Crippen LogP contribution in [-0.4, -0.2) is 49.9 Å². The number of rotatable bonds is 6. The van der Waals surface area contributed by atoms with Gasteiger partial charge in [0.2, 0.25) is 0 Å². The van der Waals surface area contributed by atoms with Gasteiger partial charge in [0.1, 0.15) is 0 Å². The zero-order valence-electron chi connectivity index (χ0n) is 12.4. The molecule has 6 nitrogen and oxygen atoms in total. The summed E-state index contributed by atoms with van der Waals surface area (Å²) < 4.78 is 33.7. The maximum absolute atomic E-state index is 12.7. The smallest absolute Gasteiger partial charge is 0.282 e. The van der Waals surface area contributed by atoms with Crippen molar-refractivity contribution in [2.24, 2.45) is 0 Å². The van der Waals surface area contributed by atoms with Crippen LogP contribution < -0.4 is 5.73 Å². The van der Waals surface area contributed by atoms with Crippen LogP contribution >= 0.6 is 0 Å². The molecule has 0 radical (unpaired) electrons. The van der Waals surface area contributed by atoms with E-state index in [1.54, 1.807) is 12.1 Å². The number of nitrogens with zero attached hydrogens (tertiary/aromatic N) is 2. The van der Waals surface area contributed by atoms with E-state index in [1.807, 2.05) is 19.1 Å². The maximum atomic E-state index is 12.7. The first-order valence-electron chi connectivity index (χ1n) is 7.21. The minimum atomic E-state index is -3.44. The second-order valence-electron chi connectivity index (χ2n) is 5.09. The molecular formula is C14H23N3O3S. The highest BCUT2D eigenvalue weighted by atomic mass is 32.2. The third-order valence-corrected chi connectivity index (χ3v) is 5.42. The van der Waals surface area contributed by atoms with Crippen molar-refractivity contribution in [3.8, 4) is 0 Å². The second-order valence-corrected chi connectivity index (χ2v) is 7.02. The minimum Gasteiger partial charge on any atom is -0.399 e. The largest absolute Gasteiger partial charge is 0.399 e. The van der Waals surface area contributed by atoms with Crippen molar-refractivity contribution in [1.82, 2.24) is 8.61 Å². The second kappa shape index (κ2) is 7.22. The van der Waals surface area contributed by atoms with Gasteiger partial charge in [-0.2, -0.15) is 17.0 Å². The Morgan fingerprint density at radius 1 is 1.24 bits per heavy atom. The molecular weight excluding hydrogens is 290 g/mol. The molecule has 2 rings (SSSR count). The predicted octanol–water partition coefficient (Wildman–Crippen LogP) is 1.06. The zero-order chi connectivity index (χ0) is 15.3. The highest BCUT2D eigenvalue weighted by molar-refractivity contribution is 7.86. The number of anilines is 1. The lowest BCUT2D eigenvalue weighted by Crippen LogP contribution is -2.48. The molecule has 1 saturated heterocycles. The zero-order valence-corrected chi connectivity index (χ0v) is 13.2. The number of nitrogens with two attached hydrogens (primary N) is 1. The summed E-state index contributed by atoms with van der Waals surface area (Å²) in [5.74, 6) is 0. The molecule has 7 heteroatoms. The number of benzene rings is 1. The van der Waals surface area contributed by atoms with Crippen molar-refractivity contribution >= 4 is 15.9 Å². The highest BCUT2D eigenvalue weighted by Gasteiger charge is 2.30. The Balaban J connectivity index is 2.14. The maximum Gasteiger partial charge on any atom is 0.282 e. The first kappa shape index (κ1) is 16.2. The lowest BCUT2D eigenvalue weighted by Gasteiger charge is -2.32. The van der Waals surface area contributed by atoms with Gasteiger partial charge in [0, 0.05) is 31.9 Å². The van der Waals surface area contributed by atoms with E-state index in [9.17, 15) is 8.42 Å². The summed E-state index contributed by atoms with van der Waals surface area (Å²) >= 11 is 0. The molecule has 1 fully saturated rings. The SMILES string of the molecule is CCCN(Cc1ccc(N)cc1)S(=O)(=O)N1CCOCC1. The molecule has 21 heavy (non-hydrogen) atoms. The predicted molar refractivity (Wildman–Crippen MR) is 82.9 cm³/mol. The molecule has 0 bridgehead atoms. The van der Waals surface area contributed by atoms with Gasteiger partial charge in [-0.1, -0.05) is 19.1 Å². The van der Waals surface area contributed by atoms with Gasteiger partial charge in [0.15, 0.2) is 0 Å². The summed E-state index contributed by atoms with van der Waals surface area (Å²) in [4.78, 5) is 0. The molecule has 1 aromatic carbocycles. The average molecular weight is 313 g/mol. The number of morpholine rings is 1. The van der Waals surface area contributed by atoms with Gasteiger partial charge in [-0.05, 0) is 24.1 Å².